The van der Waals surface area contributed by atoms with Gasteiger partial charge in [0.1, 0.15) is 6.07 Å². The number of nitriles is 1. The molecule has 0 unspecified atom stereocenters. The predicted molar refractivity (Wildman–Crippen MR) is 68.4 cm³/mol. The maximum absolute atomic E-state index is 13.0. The summed E-state index contributed by atoms with van der Waals surface area (Å²) in [6.07, 6.45) is -5.99. The van der Waals surface area contributed by atoms with Gasteiger partial charge in [0.25, 0.3) is 0 Å². The summed E-state index contributed by atoms with van der Waals surface area (Å²) in [5.74, 6) is -1.11. The lowest BCUT2D eigenvalue weighted by Gasteiger charge is -2.18. The van der Waals surface area contributed by atoms with Crippen molar-refractivity contribution in [2.45, 2.75) is 29.9 Å². The van der Waals surface area contributed by atoms with Crippen LogP contribution in [-0.2, 0) is 22.1 Å². The van der Waals surface area contributed by atoms with Crippen molar-refractivity contribution < 1.29 is 35.9 Å². The van der Waals surface area contributed by atoms with Gasteiger partial charge in [-0.15, -0.1) is 0 Å². The first kappa shape index (κ1) is 19.2. The minimum absolute atomic E-state index is 0.139. The molecule has 126 valence electrons. The molecule has 1 aromatic carbocycles. The number of esters is 1. The average Bonchev–Trinajstić information content (AvgIpc) is 2.37. The van der Waals surface area contributed by atoms with Gasteiger partial charge < -0.3 is 4.74 Å². The number of carbonyl (C=O) groups is 1. The summed E-state index contributed by atoms with van der Waals surface area (Å²) < 4.78 is 81.3. The van der Waals surface area contributed by atoms with Crippen LogP contribution in [0.25, 0.3) is 0 Å². The van der Waals surface area contributed by atoms with Crippen LogP contribution in [-0.4, -0.2) is 18.1 Å². The van der Waals surface area contributed by atoms with Gasteiger partial charge in [0.05, 0.1) is 24.2 Å². The largest absolute Gasteiger partial charge is 0.466 e. The summed E-state index contributed by atoms with van der Waals surface area (Å²) in [6, 6.07) is 2.53. The van der Waals surface area contributed by atoms with E-state index in [1.807, 2.05) is 0 Å². The molecular weight excluding hydrogens is 348 g/mol. The number of ether oxygens (including phenoxy) is 1. The first-order valence-electron chi connectivity index (χ1n) is 6.04. The van der Waals surface area contributed by atoms with Gasteiger partial charge in [0, 0.05) is 4.90 Å². The number of nitrogens with zero attached hydrogens (tertiary/aromatic N) is 1. The Labute approximate surface area is 131 Å². The third-order valence-corrected chi connectivity index (χ3v) is 3.43. The molecule has 0 aliphatic rings. The number of halogens is 6. The van der Waals surface area contributed by atoms with Gasteiger partial charge in [-0.05, 0) is 36.4 Å². The molecule has 1 aromatic rings. The van der Waals surface area contributed by atoms with Crippen molar-refractivity contribution in [1.29, 1.82) is 5.26 Å². The fraction of sp³-hybridized carbons (Fsp3) is 0.385. The van der Waals surface area contributed by atoms with Gasteiger partial charge in [-0.3, -0.25) is 4.79 Å². The first-order valence-corrected chi connectivity index (χ1v) is 6.85. The van der Waals surface area contributed by atoms with E-state index in [1.165, 1.54) is 13.0 Å². The minimum atomic E-state index is -4.98. The molecule has 23 heavy (non-hydrogen) atoms. The molecule has 0 radical (unpaired) electrons. The molecule has 0 spiro atoms. The molecule has 0 aromatic heterocycles. The van der Waals surface area contributed by atoms with Gasteiger partial charge in [-0.2, -0.15) is 31.6 Å². The molecule has 1 rings (SSSR count). The summed E-state index contributed by atoms with van der Waals surface area (Å²) in [7, 11) is 0. The Morgan fingerprint density at radius 2 is 1.87 bits per heavy atom. The summed E-state index contributed by atoms with van der Waals surface area (Å²) in [5, 5.41) is 8.84. The maximum atomic E-state index is 13.0. The van der Waals surface area contributed by atoms with Crippen LogP contribution in [0.3, 0.4) is 0 Å². The van der Waals surface area contributed by atoms with E-state index in [-0.39, 0.29) is 6.61 Å². The predicted octanol–water partition coefficient (Wildman–Crippen LogP) is 4.29. The van der Waals surface area contributed by atoms with Crippen LogP contribution in [0.15, 0.2) is 17.0 Å². The second-order valence-electron chi connectivity index (χ2n) is 4.11. The molecule has 0 fully saturated rings. The Hall–Kier alpha value is -1.89. The van der Waals surface area contributed by atoms with E-state index < -0.39 is 57.4 Å². The van der Waals surface area contributed by atoms with E-state index in [1.54, 1.807) is 0 Å². The molecule has 0 atom stereocenters. The molecule has 0 saturated carbocycles. The third kappa shape index (κ3) is 5.35. The maximum Gasteiger partial charge on any atom is 0.446 e. The quantitative estimate of drug-likeness (QED) is 0.458. The highest BCUT2D eigenvalue weighted by atomic mass is 32.2. The summed E-state index contributed by atoms with van der Waals surface area (Å²) >= 11 is -0.861. The van der Waals surface area contributed by atoms with E-state index in [4.69, 9.17) is 5.26 Å². The van der Waals surface area contributed by atoms with Crippen LogP contribution in [0.1, 0.15) is 23.6 Å². The van der Waals surface area contributed by atoms with Crippen molar-refractivity contribution in [3.63, 3.8) is 0 Å². The molecule has 0 aliphatic carbocycles. The van der Waals surface area contributed by atoms with Gasteiger partial charge >= 0.3 is 17.7 Å². The Morgan fingerprint density at radius 3 is 2.30 bits per heavy atom. The van der Waals surface area contributed by atoms with E-state index in [9.17, 15) is 31.1 Å². The molecular formula is C13H9F6NO2S. The lowest BCUT2D eigenvalue weighted by molar-refractivity contribution is -0.143. The average molecular weight is 357 g/mol. The van der Waals surface area contributed by atoms with Crippen molar-refractivity contribution in [3.8, 4) is 6.07 Å². The van der Waals surface area contributed by atoms with Crippen molar-refractivity contribution in [3.05, 3.63) is 28.8 Å². The molecule has 0 heterocycles. The third-order valence-electron chi connectivity index (χ3n) is 2.53. The van der Waals surface area contributed by atoms with Crippen LogP contribution in [0.5, 0.6) is 0 Å². The zero-order chi connectivity index (χ0) is 17.8. The fourth-order valence-corrected chi connectivity index (χ4v) is 2.51. The lowest BCUT2D eigenvalue weighted by atomic mass is 10.0. The van der Waals surface area contributed by atoms with Crippen LogP contribution in [0.2, 0.25) is 0 Å². The van der Waals surface area contributed by atoms with Gasteiger partial charge in [0.15, 0.2) is 0 Å². The zero-order valence-electron chi connectivity index (χ0n) is 11.5. The fourth-order valence-electron chi connectivity index (χ4n) is 1.75. The number of rotatable bonds is 4. The second kappa shape index (κ2) is 7.12. The Balaban J connectivity index is 3.54. The summed E-state index contributed by atoms with van der Waals surface area (Å²) in [5.41, 5.74) is -7.84. The van der Waals surface area contributed by atoms with Crippen molar-refractivity contribution in [2.24, 2.45) is 0 Å². The number of benzene rings is 1. The normalized spacial score (nSPS) is 11.9. The standard InChI is InChI=1S/C13H9F6NO2S/c1-2-22-10(21)5-8-9(12(14,15)16)4-3-7(6-20)11(8)23-13(17,18)19/h3-4H,2,5H2,1H3. The van der Waals surface area contributed by atoms with Crippen LogP contribution < -0.4 is 0 Å². The van der Waals surface area contributed by atoms with E-state index in [0.29, 0.717) is 12.1 Å². The number of carbonyl (C=O) groups excluding carboxylic acids is 1. The van der Waals surface area contributed by atoms with Crippen LogP contribution >= 0.6 is 11.8 Å². The highest BCUT2D eigenvalue weighted by molar-refractivity contribution is 8.00. The highest BCUT2D eigenvalue weighted by Crippen LogP contribution is 2.44. The number of hydrogen-bond acceptors (Lipinski definition) is 4. The molecule has 3 nitrogen and oxygen atoms in total. The molecule has 0 saturated heterocycles. The molecule has 0 amide bonds. The minimum Gasteiger partial charge on any atom is -0.466 e. The molecule has 0 aliphatic heterocycles. The smallest absolute Gasteiger partial charge is 0.446 e. The Bertz CT molecular complexity index is 633. The van der Waals surface area contributed by atoms with Crippen molar-refractivity contribution in [2.75, 3.05) is 6.61 Å². The van der Waals surface area contributed by atoms with Crippen molar-refractivity contribution in [1.82, 2.24) is 0 Å². The summed E-state index contributed by atoms with van der Waals surface area (Å²) in [6.45, 7) is 1.26. The number of thioether (sulfide) groups is 1. The summed E-state index contributed by atoms with van der Waals surface area (Å²) in [4.78, 5) is 10.5. The van der Waals surface area contributed by atoms with Gasteiger partial charge in [-0.1, -0.05) is 0 Å². The zero-order valence-corrected chi connectivity index (χ0v) is 12.3. The van der Waals surface area contributed by atoms with E-state index in [0.717, 1.165) is 0 Å². The number of alkyl halides is 6. The molecule has 0 bridgehead atoms. The van der Waals surface area contributed by atoms with Crippen LogP contribution in [0.4, 0.5) is 26.3 Å². The van der Waals surface area contributed by atoms with Gasteiger partial charge in [0.2, 0.25) is 0 Å². The highest BCUT2D eigenvalue weighted by Gasteiger charge is 2.39. The lowest BCUT2D eigenvalue weighted by Crippen LogP contribution is -2.17. The van der Waals surface area contributed by atoms with Crippen LogP contribution in [0, 0.1) is 11.3 Å². The Morgan fingerprint density at radius 1 is 1.26 bits per heavy atom. The van der Waals surface area contributed by atoms with Gasteiger partial charge in [-0.25, -0.2) is 0 Å². The molecule has 10 heteroatoms. The van der Waals surface area contributed by atoms with Crippen molar-refractivity contribution >= 4 is 17.7 Å². The first-order chi connectivity index (χ1) is 10.5. The Kier molecular flexibility index (Phi) is 5.93. The monoisotopic (exact) mass is 357 g/mol. The van der Waals surface area contributed by atoms with E-state index in [2.05, 4.69) is 4.74 Å². The topological polar surface area (TPSA) is 50.1 Å². The molecule has 0 N–H and O–H groups in total. The van der Waals surface area contributed by atoms with E-state index >= 15 is 0 Å². The SMILES string of the molecule is CCOC(=O)Cc1c(C(F)(F)F)ccc(C#N)c1SC(F)(F)F. The number of hydrogen-bond donors (Lipinski definition) is 0. The second-order valence-corrected chi connectivity index (χ2v) is 5.18.